The maximum Gasteiger partial charge on any atom is 0.119 e. The maximum atomic E-state index is 5.63. The Morgan fingerprint density at radius 1 is 1.32 bits per heavy atom. The molecule has 0 amide bonds. The molecule has 0 saturated carbocycles. The van der Waals surface area contributed by atoms with Gasteiger partial charge in [-0.2, -0.15) is 0 Å². The maximum absolute atomic E-state index is 5.63. The monoisotopic (exact) mass is 265 g/mol. The van der Waals surface area contributed by atoms with E-state index < -0.39 is 0 Å². The minimum absolute atomic E-state index is 0.125. The van der Waals surface area contributed by atoms with Gasteiger partial charge in [-0.3, -0.25) is 0 Å². The average molecular weight is 265 g/mol. The van der Waals surface area contributed by atoms with Crippen LogP contribution in [0.2, 0.25) is 0 Å². The third-order valence-electron chi connectivity index (χ3n) is 3.46. The molecule has 19 heavy (non-hydrogen) atoms. The largest absolute Gasteiger partial charge is 0.494 e. The molecule has 1 aromatic carbocycles. The van der Waals surface area contributed by atoms with Crippen LogP contribution >= 0.6 is 0 Å². The Hall–Kier alpha value is -1.10. The molecular weight excluding hydrogens is 242 g/mol. The molecular formula is C15H23NO3. The van der Waals surface area contributed by atoms with Crippen molar-refractivity contribution in [2.24, 2.45) is 0 Å². The van der Waals surface area contributed by atoms with Crippen LogP contribution in [0.5, 0.6) is 5.75 Å². The summed E-state index contributed by atoms with van der Waals surface area (Å²) in [5.74, 6) is 0.931. The Bertz CT molecular complexity index is 350. The number of benzene rings is 1. The quantitative estimate of drug-likeness (QED) is 0.728. The number of ether oxygens (including phenoxy) is 3. The van der Waals surface area contributed by atoms with Gasteiger partial charge < -0.3 is 19.5 Å². The van der Waals surface area contributed by atoms with E-state index in [0.29, 0.717) is 6.61 Å². The van der Waals surface area contributed by atoms with Gasteiger partial charge in [0, 0.05) is 26.7 Å². The van der Waals surface area contributed by atoms with Gasteiger partial charge in [0.15, 0.2) is 0 Å². The second kappa shape index (κ2) is 7.48. The summed E-state index contributed by atoms with van der Waals surface area (Å²) in [5, 5.41) is 3.42. The first kappa shape index (κ1) is 14.3. The van der Waals surface area contributed by atoms with Crippen molar-refractivity contribution in [2.75, 3.05) is 40.0 Å². The van der Waals surface area contributed by atoms with Crippen molar-refractivity contribution in [2.45, 2.75) is 18.4 Å². The van der Waals surface area contributed by atoms with Crippen LogP contribution in [-0.2, 0) is 9.47 Å². The lowest BCUT2D eigenvalue weighted by Crippen LogP contribution is -2.43. The highest BCUT2D eigenvalue weighted by Gasteiger charge is 2.34. The van der Waals surface area contributed by atoms with E-state index in [1.165, 1.54) is 0 Å². The highest BCUT2D eigenvalue weighted by molar-refractivity contribution is 5.20. The summed E-state index contributed by atoms with van der Waals surface area (Å²) in [4.78, 5) is 0. The van der Waals surface area contributed by atoms with Gasteiger partial charge in [-0.1, -0.05) is 18.2 Å². The summed E-state index contributed by atoms with van der Waals surface area (Å²) in [5.41, 5.74) is -0.125. The number of hydrogen-bond donors (Lipinski definition) is 1. The Balaban J connectivity index is 1.55. The molecule has 1 N–H and O–H groups in total. The van der Waals surface area contributed by atoms with E-state index in [9.17, 15) is 0 Å². The van der Waals surface area contributed by atoms with Crippen LogP contribution in [0.4, 0.5) is 0 Å². The van der Waals surface area contributed by atoms with Gasteiger partial charge in [0.25, 0.3) is 0 Å². The van der Waals surface area contributed by atoms with Crippen LogP contribution in [0.25, 0.3) is 0 Å². The lowest BCUT2D eigenvalue weighted by Gasteiger charge is -2.26. The normalized spacial score (nSPS) is 22.6. The molecule has 106 valence electrons. The van der Waals surface area contributed by atoms with Crippen molar-refractivity contribution in [3.05, 3.63) is 30.3 Å². The molecule has 0 aromatic heterocycles. The highest BCUT2D eigenvalue weighted by atomic mass is 16.5. The van der Waals surface area contributed by atoms with Crippen LogP contribution in [0, 0.1) is 0 Å². The Labute approximate surface area is 115 Å². The van der Waals surface area contributed by atoms with E-state index in [4.69, 9.17) is 14.2 Å². The van der Waals surface area contributed by atoms with Crippen molar-refractivity contribution < 1.29 is 14.2 Å². The lowest BCUT2D eigenvalue weighted by atomic mass is 10.0. The van der Waals surface area contributed by atoms with E-state index in [0.717, 1.165) is 44.9 Å². The van der Waals surface area contributed by atoms with Crippen LogP contribution in [0.15, 0.2) is 30.3 Å². The molecule has 2 rings (SSSR count). The van der Waals surface area contributed by atoms with E-state index in [-0.39, 0.29) is 5.60 Å². The smallest absolute Gasteiger partial charge is 0.119 e. The van der Waals surface area contributed by atoms with E-state index in [2.05, 4.69) is 5.32 Å². The van der Waals surface area contributed by atoms with E-state index in [1.54, 1.807) is 7.11 Å². The average Bonchev–Trinajstić information content (AvgIpc) is 2.93. The molecule has 4 heteroatoms. The van der Waals surface area contributed by atoms with Gasteiger partial charge in [-0.05, 0) is 25.1 Å². The fraction of sp³-hybridized carbons (Fsp3) is 0.600. The molecule has 1 aromatic rings. The zero-order valence-corrected chi connectivity index (χ0v) is 11.6. The van der Waals surface area contributed by atoms with E-state index >= 15 is 0 Å². The molecule has 1 heterocycles. The predicted molar refractivity (Wildman–Crippen MR) is 74.6 cm³/mol. The molecule has 1 aliphatic heterocycles. The van der Waals surface area contributed by atoms with Crippen molar-refractivity contribution in [1.82, 2.24) is 5.32 Å². The molecule has 1 aliphatic rings. The van der Waals surface area contributed by atoms with Crippen molar-refractivity contribution >= 4 is 0 Å². The van der Waals surface area contributed by atoms with Gasteiger partial charge in [-0.25, -0.2) is 0 Å². The second-order valence-electron chi connectivity index (χ2n) is 4.88. The predicted octanol–water partition coefficient (Wildman–Crippen LogP) is 1.85. The van der Waals surface area contributed by atoms with Crippen LogP contribution in [0.1, 0.15) is 12.8 Å². The molecule has 1 saturated heterocycles. The molecule has 0 radical (unpaired) electrons. The number of rotatable bonds is 8. The van der Waals surface area contributed by atoms with Gasteiger partial charge in [0.05, 0.1) is 13.2 Å². The summed E-state index contributed by atoms with van der Waals surface area (Å²) in [6.07, 6.45) is 1.95. The standard InChI is InChI=1S/C15H23NO3/c1-17-15(8-11-18-13-15)12-16-9-5-10-19-14-6-3-2-4-7-14/h2-4,6-7,16H,5,8-13H2,1H3. The third-order valence-corrected chi connectivity index (χ3v) is 3.46. The SMILES string of the molecule is COC1(CNCCCOc2ccccc2)CCOC1. The van der Waals surface area contributed by atoms with Crippen molar-refractivity contribution in [1.29, 1.82) is 0 Å². The van der Waals surface area contributed by atoms with Gasteiger partial charge >= 0.3 is 0 Å². The van der Waals surface area contributed by atoms with Gasteiger partial charge in [0.1, 0.15) is 11.4 Å². The Morgan fingerprint density at radius 2 is 2.16 bits per heavy atom. The Morgan fingerprint density at radius 3 is 2.84 bits per heavy atom. The van der Waals surface area contributed by atoms with Gasteiger partial charge in [0.2, 0.25) is 0 Å². The number of nitrogens with one attached hydrogen (secondary N) is 1. The molecule has 0 bridgehead atoms. The summed E-state index contributed by atoms with van der Waals surface area (Å²) >= 11 is 0. The molecule has 1 unspecified atom stereocenters. The molecule has 0 spiro atoms. The van der Waals surface area contributed by atoms with Gasteiger partial charge in [-0.15, -0.1) is 0 Å². The number of hydrogen-bond acceptors (Lipinski definition) is 4. The van der Waals surface area contributed by atoms with Crippen molar-refractivity contribution in [3.8, 4) is 5.75 Å². The van der Waals surface area contributed by atoms with Crippen LogP contribution in [-0.4, -0.2) is 45.6 Å². The second-order valence-corrected chi connectivity index (χ2v) is 4.88. The van der Waals surface area contributed by atoms with Crippen LogP contribution in [0.3, 0.4) is 0 Å². The summed E-state index contributed by atoms with van der Waals surface area (Å²) in [7, 11) is 1.76. The number of para-hydroxylation sites is 1. The fourth-order valence-electron chi connectivity index (χ4n) is 2.18. The molecule has 0 aliphatic carbocycles. The first-order chi connectivity index (χ1) is 9.35. The topological polar surface area (TPSA) is 39.7 Å². The third kappa shape index (κ3) is 4.49. The van der Waals surface area contributed by atoms with Crippen LogP contribution < -0.4 is 10.1 Å². The molecule has 1 atom stereocenters. The minimum atomic E-state index is -0.125. The molecule has 1 fully saturated rings. The lowest BCUT2D eigenvalue weighted by molar-refractivity contribution is -0.0157. The number of methoxy groups -OCH3 is 1. The zero-order valence-electron chi connectivity index (χ0n) is 11.6. The fourth-order valence-corrected chi connectivity index (χ4v) is 2.18. The van der Waals surface area contributed by atoms with Crippen molar-refractivity contribution in [3.63, 3.8) is 0 Å². The Kier molecular flexibility index (Phi) is 5.63. The first-order valence-electron chi connectivity index (χ1n) is 6.86. The summed E-state index contributed by atoms with van der Waals surface area (Å²) in [6.45, 7) is 3.99. The summed E-state index contributed by atoms with van der Waals surface area (Å²) < 4.78 is 16.6. The highest BCUT2D eigenvalue weighted by Crippen LogP contribution is 2.21. The summed E-state index contributed by atoms with van der Waals surface area (Å²) in [6, 6.07) is 9.90. The minimum Gasteiger partial charge on any atom is -0.494 e. The molecule has 4 nitrogen and oxygen atoms in total. The first-order valence-corrected chi connectivity index (χ1v) is 6.86. The van der Waals surface area contributed by atoms with E-state index in [1.807, 2.05) is 30.3 Å². The zero-order chi connectivity index (χ0) is 13.4.